The summed E-state index contributed by atoms with van der Waals surface area (Å²) in [5.74, 6) is 5.23. The Balaban J connectivity index is 2.74. The number of rotatable bonds is 2. The van der Waals surface area contributed by atoms with Crippen molar-refractivity contribution in [1.29, 1.82) is 0 Å². The Labute approximate surface area is 69.0 Å². The van der Waals surface area contributed by atoms with Crippen molar-refractivity contribution in [3.05, 3.63) is 21.3 Å². The van der Waals surface area contributed by atoms with Crippen LogP contribution in [0.1, 0.15) is 17.8 Å². The summed E-state index contributed by atoms with van der Waals surface area (Å²) in [7, 11) is 0. The van der Waals surface area contributed by atoms with Gasteiger partial charge in [0.2, 0.25) is 0 Å². The van der Waals surface area contributed by atoms with Crippen LogP contribution in [0.3, 0.4) is 0 Å². The molecule has 1 heterocycles. The van der Waals surface area contributed by atoms with Crippen LogP contribution in [0.25, 0.3) is 0 Å². The molecule has 1 aromatic heterocycles. The van der Waals surface area contributed by atoms with Crippen molar-refractivity contribution in [2.24, 2.45) is 5.84 Å². The maximum Gasteiger partial charge on any atom is 0.0931 e. The van der Waals surface area contributed by atoms with Crippen LogP contribution in [0.15, 0.2) is 12.1 Å². The van der Waals surface area contributed by atoms with E-state index in [0.717, 1.165) is 9.21 Å². The lowest BCUT2D eigenvalue weighted by Gasteiger charge is -2.04. The highest BCUT2D eigenvalue weighted by atomic mass is 35.5. The summed E-state index contributed by atoms with van der Waals surface area (Å²) in [6.07, 6.45) is 0. The first-order valence-electron chi connectivity index (χ1n) is 2.95. The van der Waals surface area contributed by atoms with E-state index in [1.54, 1.807) is 11.3 Å². The molecule has 0 saturated heterocycles. The van der Waals surface area contributed by atoms with E-state index < -0.39 is 0 Å². The second-order valence-electron chi connectivity index (χ2n) is 2.03. The van der Waals surface area contributed by atoms with Crippen LogP contribution in [0.4, 0.5) is 0 Å². The average Bonchev–Trinajstić information content (AvgIpc) is 2.34. The molecule has 0 aliphatic rings. The Morgan fingerprint density at radius 2 is 2.40 bits per heavy atom. The number of nitrogens with one attached hydrogen (secondary N) is 1. The number of nitrogens with two attached hydrogens (primary N) is 1. The summed E-state index contributed by atoms with van der Waals surface area (Å²) < 4.78 is 0.803. The Morgan fingerprint density at radius 3 is 2.80 bits per heavy atom. The molecule has 10 heavy (non-hydrogen) atoms. The molecule has 56 valence electrons. The zero-order valence-electron chi connectivity index (χ0n) is 5.60. The van der Waals surface area contributed by atoms with Crippen LogP contribution in [0, 0.1) is 0 Å². The predicted molar refractivity (Wildman–Crippen MR) is 45.1 cm³/mol. The van der Waals surface area contributed by atoms with Gasteiger partial charge >= 0.3 is 0 Å². The van der Waals surface area contributed by atoms with Crippen molar-refractivity contribution in [3.63, 3.8) is 0 Å². The van der Waals surface area contributed by atoms with E-state index in [0.29, 0.717) is 0 Å². The van der Waals surface area contributed by atoms with Gasteiger partial charge in [-0.3, -0.25) is 11.3 Å². The summed E-state index contributed by atoms with van der Waals surface area (Å²) in [4.78, 5) is 1.16. The third-order valence-corrected chi connectivity index (χ3v) is 2.68. The van der Waals surface area contributed by atoms with Crippen molar-refractivity contribution in [1.82, 2.24) is 5.43 Å². The van der Waals surface area contributed by atoms with Gasteiger partial charge in [0.25, 0.3) is 0 Å². The largest absolute Gasteiger partial charge is 0.271 e. The van der Waals surface area contributed by atoms with Gasteiger partial charge in [-0.2, -0.15) is 0 Å². The van der Waals surface area contributed by atoms with E-state index in [2.05, 4.69) is 5.43 Å². The first-order valence-corrected chi connectivity index (χ1v) is 4.15. The molecule has 0 bridgehead atoms. The van der Waals surface area contributed by atoms with Crippen molar-refractivity contribution < 1.29 is 0 Å². The molecule has 0 aromatic carbocycles. The molecule has 0 radical (unpaired) electrons. The van der Waals surface area contributed by atoms with Gasteiger partial charge in [0.15, 0.2) is 0 Å². The quantitative estimate of drug-likeness (QED) is 0.534. The number of hydrogen-bond donors (Lipinski definition) is 2. The highest BCUT2D eigenvalue weighted by Gasteiger charge is 2.04. The Morgan fingerprint density at radius 1 is 1.70 bits per heavy atom. The molecule has 0 saturated carbocycles. The molecule has 0 spiro atoms. The summed E-state index contributed by atoms with van der Waals surface area (Å²) in [5.41, 5.74) is 2.65. The zero-order valence-corrected chi connectivity index (χ0v) is 7.17. The minimum absolute atomic E-state index is 0.192. The number of thiophene rings is 1. The van der Waals surface area contributed by atoms with E-state index in [9.17, 15) is 0 Å². The van der Waals surface area contributed by atoms with Gasteiger partial charge in [0.05, 0.1) is 10.4 Å². The van der Waals surface area contributed by atoms with Gasteiger partial charge in [-0.05, 0) is 19.1 Å². The smallest absolute Gasteiger partial charge is 0.0931 e. The van der Waals surface area contributed by atoms with E-state index in [-0.39, 0.29) is 6.04 Å². The maximum atomic E-state index is 5.71. The zero-order chi connectivity index (χ0) is 7.56. The lowest BCUT2D eigenvalue weighted by molar-refractivity contribution is 0.612. The van der Waals surface area contributed by atoms with Gasteiger partial charge in [-0.1, -0.05) is 11.6 Å². The minimum Gasteiger partial charge on any atom is -0.271 e. The van der Waals surface area contributed by atoms with Crippen LogP contribution < -0.4 is 11.3 Å². The maximum absolute atomic E-state index is 5.71. The highest BCUT2D eigenvalue weighted by molar-refractivity contribution is 7.16. The van der Waals surface area contributed by atoms with Crippen LogP contribution >= 0.6 is 22.9 Å². The first kappa shape index (κ1) is 8.01. The van der Waals surface area contributed by atoms with Gasteiger partial charge in [-0.15, -0.1) is 11.3 Å². The second-order valence-corrected chi connectivity index (χ2v) is 3.78. The minimum atomic E-state index is 0.192. The number of halogens is 1. The summed E-state index contributed by atoms with van der Waals surface area (Å²) in [6, 6.07) is 4.03. The number of hydrogen-bond acceptors (Lipinski definition) is 3. The van der Waals surface area contributed by atoms with Crippen molar-refractivity contribution >= 4 is 22.9 Å². The highest BCUT2D eigenvalue weighted by Crippen LogP contribution is 2.25. The first-order chi connectivity index (χ1) is 4.74. The Hall–Kier alpha value is -0.0900. The molecule has 1 atom stereocenters. The van der Waals surface area contributed by atoms with Crippen molar-refractivity contribution in [2.45, 2.75) is 13.0 Å². The fraction of sp³-hybridized carbons (Fsp3) is 0.333. The van der Waals surface area contributed by atoms with Gasteiger partial charge in [0.1, 0.15) is 0 Å². The Bertz CT molecular complexity index is 211. The standard InChI is InChI=1S/C6H9ClN2S/c1-4(9-8)5-2-3-6(7)10-5/h2-4,9H,8H2,1H3. The molecule has 3 N–H and O–H groups in total. The molecule has 1 unspecified atom stereocenters. The average molecular weight is 177 g/mol. The topological polar surface area (TPSA) is 38.0 Å². The van der Waals surface area contributed by atoms with Gasteiger partial charge in [-0.25, -0.2) is 0 Å². The van der Waals surface area contributed by atoms with Crippen molar-refractivity contribution in [3.8, 4) is 0 Å². The molecule has 0 aliphatic carbocycles. The third kappa shape index (κ3) is 1.70. The predicted octanol–water partition coefficient (Wildman–Crippen LogP) is 1.93. The fourth-order valence-electron chi connectivity index (χ4n) is 0.643. The molecule has 0 amide bonds. The van der Waals surface area contributed by atoms with E-state index in [4.69, 9.17) is 17.4 Å². The normalized spacial score (nSPS) is 13.5. The third-order valence-electron chi connectivity index (χ3n) is 1.27. The fourth-order valence-corrected chi connectivity index (χ4v) is 1.72. The van der Waals surface area contributed by atoms with E-state index in [1.807, 2.05) is 19.1 Å². The summed E-state index contributed by atoms with van der Waals surface area (Å²) in [5, 5.41) is 0. The molecule has 1 aromatic rings. The molecule has 2 nitrogen and oxygen atoms in total. The Kier molecular flexibility index (Phi) is 2.68. The molecule has 0 aliphatic heterocycles. The monoisotopic (exact) mass is 176 g/mol. The van der Waals surface area contributed by atoms with E-state index in [1.165, 1.54) is 0 Å². The molecular weight excluding hydrogens is 168 g/mol. The summed E-state index contributed by atoms with van der Waals surface area (Å²) in [6.45, 7) is 1.99. The van der Waals surface area contributed by atoms with E-state index >= 15 is 0 Å². The van der Waals surface area contributed by atoms with Crippen LogP contribution in [0.5, 0.6) is 0 Å². The van der Waals surface area contributed by atoms with Gasteiger partial charge in [0, 0.05) is 4.88 Å². The molecule has 1 rings (SSSR count). The van der Waals surface area contributed by atoms with Crippen molar-refractivity contribution in [2.75, 3.05) is 0 Å². The van der Waals surface area contributed by atoms with Gasteiger partial charge < -0.3 is 0 Å². The molecule has 4 heteroatoms. The van der Waals surface area contributed by atoms with Crippen LogP contribution in [-0.4, -0.2) is 0 Å². The SMILES string of the molecule is CC(NN)c1ccc(Cl)s1. The number of hydrazine groups is 1. The summed E-state index contributed by atoms with van der Waals surface area (Å²) >= 11 is 7.25. The lowest BCUT2D eigenvalue weighted by Crippen LogP contribution is -2.24. The van der Waals surface area contributed by atoms with Crippen LogP contribution in [0.2, 0.25) is 4.34 Å². The second kappa shape index (κ2) is 3.34. The molecule has 0 fully saturated rings. The molecular formula is C6H9ClN2S. The van der Waals surface area contributed by atoms with Crippen LogP contribution in [-0.2, 0) is 0 Å². The lowest BCUT2D eigenvalue weighted by atomic mass is 10.3.